The topological polar surface area (TPSA) is 70.4 Å². The quantitative estimate of drug-likeness (QED) is 0.526. The lowest BCUT2D eigenvalue weighted by Crippen LogP contribution is -2.25. The van der Waals surface area contributed by atoms with E-state index >= 15 is 0 Å². The molecule has 2 rings (SSSR count). The van der Waals surface area contributed by atoms with Crippen molar-refractivity contribution in [2.45, 2.75) is 53.1 Å². The Kier molecular flexibility index (Phi) is 6.78. The van der Waals surface area contributed by atoms with Crippen LogP contribution >= 0.6 is 0 Å². The Balaban J connectivity index is 2.38. The van der Waals surface area contributed by atoms with Crippen LogP contribution in [0.5, 0.6) is 5.75 Å². The Labute approximate surface area is 166 Å². The van der Waals surface area contributed by atoms with Gasteiger partial charge in [-0.05, 0) is 64.8 Å². The molecule has 0 bridgehead atoms. The van der Waals surface area contributed by atoms with E-state index in [0.717, 1.165) is 16.9 Å². The lowest BCUT2D eigenvalue weighted by molar-refractivity contribution is -0.149. The number of rotatable bonds is 7. The largest absolute Gasteiger partial charge is 0.495 e. The molecule has 0 N–H and O–H groups in total. The monoisotopic (exact) mass is 384 g/mol. The van der Waals surface area contributed by atoms with Crippen LogP contribution in [0.1, 0.15) is 51.8 Å². The molecule has 2 aromatic rings. The first-order chi connectivity index (χ1) is 13.1. The molecule has 0 aliphatic heterocycles. The van der Waals surface area contributed by atoms with E-state index in [1.165, 1.54) is 6.92 Å². The van der Waals surface area contributed by atoms with E-state index in [0.29, 0.717) is 17.7 Å². The minimum Gasteiger partial charge on any atom is -0.495 e. The molecule has 0 saturated carbocycles. The van der Waals surface area contributed by atoms with Crippen LogP contribution in [0.15, 0.2) is 36.3 Å². The van der Waals surface area contributed by atoms with Crippen LogP contribution in [-0.2, 0) is 14.3 Å². The van der Waals surface area contributed by atoms with Gasteiger partial charge in [-0.1, -0.05) is 6.07 Å². The van der Waals surface area contributed by atoms with Crippen molar-refractivity contribution in [1.29, 1.82) is 0 Å². The molecule has 6 nitrogen and oxygen atoms in total. The third kappa shape index (κ3) is 6.08. The Morgan fingerprint density at radius 1 is 1.21 bits per heavy atom. The SMILES string of the molecule is COc1cc(C=C(CCC(C)=O)C(=O)OC(C)(C)C)ccc1-n1cnc(C)c1. The molecule has 6 heteroatoms. The number of carbonyl (C=O) groups excluding carboxylic acids is 2. The second-order valence-corrected chi connectivity index (χ2v) is 7.73. The average molecular weight is 384 g/mol. The van der Waals surface area contributed by atoms with Crippen molar-refractivity contribution in [2.75, 3.05) is 7.11 Å². The number of carbonyl (C=O) groups is 2. The molecule has 0 aliphatic rings. The van der Waals surface area contributed by atoms with Gasteiger partial charge in [0.1, 0.15) is 17.1 Å². The van der Waals surface area contributed by atoms with Gasteiger partial charge in [0.15, 0.2) is 0 Å². The van der Waals surface area contributed by atoms with E-state index in [1.54, 1.807) is 19.5 Å². The molecule has 1 aromatic heterocycles. The van der Waals surface area contributed by atoms with Gasteiger partial charge in [-0.2, -0.15) is 0 Å². The fourth-order valence-corrected chi connectivity index (χ4v) is 2.64. The van der Waals surface area contributed by atoms with Crippen LogP contribution < -0.4 is 4.74 Å². The summed E-state index contributed by atoms with van der Waals surface area (Å²) in [5, 5.41) is 0. The average Bonchev–Trinajstić information content (AvgIpc) is 3.02. The normalized spacial score (nSPS) is 12.0. The summed E-state index contributed by atoms with van der Waals surface area (Å²) >= 11 is 0. The smallest absolute Gasteiger partial charge is 0.334 e. The van der Waals surface area contributed by atoms with Gasteiger partial charge in [0.25, 0.3) is 0 Å². The molecule has 1 heterocycles. The summed E-state index contributed by atoms with van der Waals surface area (Å²) in [6, 6.07) is 5.65. The van der Waals surface area contributed by atoms with Crippen LogP contribution in [0.25, 0.3) is 11.8 Å². The highest BCUT2D eigenvalue weighted by atomic mass is 16.6. The predicted molar refractivity (Wildman–Crippen MR) is 109 cm³/mol. The zero-order chi connectivity index (χ0) is 20.9. The van der Waals surface area contributed by atoms with E-state index in [9.17, 15) is 9.59 Å². The Morgan fingerprint density at radius 2 is 1.93 bits per heavy atom. The van der Waals surface area contributed by atoms with Crippen molar-refractivity contribution < 1.29 is 19.1 Å². The standard InChI is InChI=1S/C22H28N2O4/c1-15-13-24(14-23-15)19-10-8-17(12-20(19)27-6)11-18(9-7-16(2)25)21(26)28-22(3,4)5/h8,10-14H,7,9H2,1-6H3. The summed E-state index contributed by atoms with van der Waals surface area (Å²) in [6.45, 7) is 8.88. The van der Waals surface area contributed by atoms with Gasteiger partial charge in [-0.3, -0.25) is 0 Å². The highest BCUT2D eigenvalue weighted by molar-refractivity contribution is 5.94. The number of methoxy groups -OCH3 is 1. The molecule has 0 saturated heterocycles. The van der Waals surface area contributed by atoms with Crippen molar-refractivity contribution >= 4 is 17.8 Å². The number of ether oxygens (including phenoxy) is 2. The van der Waals surface area contributed by atoms with Gasteiger partial charge in [0, 0.05) is 18.2 Å². The summed E-state index contributed by atoms with van der Waals surface area (Å²) in [6.07, 6.45) is 6.00. The first-order valence-electron chi connectivity index (χ1n) is 9.21. The number of esters is 1. The van der Waals surface area contributed by atoms with Gasteiger partial charge < -0.3 is 18.8 Å². The minimum absolute atomic E-state index is 0.0258. The third-order valence-electron chi connectivity index (χ3n) is 3.94. The van der Waals surface area contributed by atoms with Crippen molar-refractivity contribution in [2.24, 2.45) is 0 Å². The Hall–Kier alpha value is -2.89. The molecule has 0 fully saturated rings. The van der Waals surface area contributed by atoms with E-state index in [-0.39, 0.29) is 12.2 Å². The van der Waals surface area contributed by atoms with Gasteiger partial charge in [-0.15, -0.1) is 0 Å². The van der Waals surface area contributed by atoms with Gasteiger partial charge >= 0.3 is 5.97 Å². The number of hydrogen-bond acceptors (Lipinski definition) is 5. The van der Waals surface area contributed by atoms with E-state index < -0.39 is 11.6 Å². The fraction of sp³-hybridized carbons (Fsp3) is 0.409. The zero-order valence-corrected chi connectivity index (χ0v) is 17.4. The number of ketones is 1. The van der Waals surface area contributed by atoms with E-state index in [1.807, 2.05) is 56.7 Å². The van der Waals surface area contributed by atoms with Crippen molar-refractivity contribution in [3.63, 3.8) is 0 Å². The molecule has 1 aromatic carbocycles. The summed E-state index contributed by atoms with van der Waals surface area (Å²) in [5.41, 5.74) is 2.40. The highest BCUT2D eigenvalue weighted by Crippen LogP contribution is 2.26. The van der Waals surface area contributed by atoms with Gasteiger partial charge in [0.05, 0.1) is 24.8 Å². The number of aryl methyl sites for hydroxylation is 1. The second kappa shape index (κ2) is 8.87. The maximum Gasteiger partial charge on any atom is 0.334 e. The molecular weight excluding hydrogens is 356 g/mol. The van der Waals surface area contributed by atoms with Crippen LogP contribution in [0.4, 0.5) is 0 Å². The molecule has 0 spiro atoms. The molecule has 0 aliphatic carbocycles. The summed E-state index contributed by atoms with van der Waals surface area (Å²) in [4.78, 5) is 28.2. The first-order valence-corrected chi connectivity index (χ1v) is 9.21. The summed E-state index contributed by atoms with van der Waals surface area (Å²) in [7, 11) is 1.60. The zero-order valence-electron chi connectivity index (χ0n) is 17.4. The Morgan fingerprint density at radius 3 is 2.46 bits per heavy atom. The van der Waals surface area contributed by atoms with E-state index in [2.05, 4.69) is 4.98 Å². The van der Waals surface area contributed by atoms with Crippen molar-refractivity contribution in [3.05, 3.63) is 47.6 Å². The second-order valence-electron chi connectivity index (χ2n) is 7.73. The number of benzene rings is 1. The lowest BCUT2D eigenvalue weighted by Gasteiger charge is -2.20. The maximum absolute atomic E-state index is 12.6. The Bertz CT molecular complexity index is 888. The predicted octanol–water partition coefficient (Wildman–Crippen LogP) is 4.28. The number of imidazole rings is 1. The van der Waals surface area contributed by atoms with Crippen molar-refractivity contribution in [3.8, 4) is 11.4 Å². The van der Waals surface area contributed by atoms with Crippen LogP contribution in [0.2, 0.25) is 0 Å². The minimum atomic E-state index is -0.604. The van der Waals surface area contributed by atoms with Crippen LogP contribution in [0.3, 0.4) is 0 Å². The molecule has 0 radical (unpaired) electrons. The number of aromatic nitrogens is 2. The number of hydrogen-bond donors (Lipinski definition) is 0. The molecule has 150 valence electrons. The molecular formula is C22H28N2O4. The number of nitrogens with zero attached hydrogens (tertiary/aromatic N) is 2. The molecule has 28 heavy (non-hydrogen) atoms. The lowest BCUT2D eigenvalue weighted by atomic mass is 10.0. The molecule has 0 atom stereocenters. The van der Waals surface area contributed by atoms with Gasteiger partial charge in [-0.25, -0.2) is 9.78 Å². The molecule has 0 amide bonds. The van der Waals surface area contributed by atoms with Crippen LogP contribution in [0, 0.1) is 6.92 Å². The third-order valence-corrected chi connectivity index (χ3v) is 3.94. The van der Waals surface area contributed by atoms with Crippen LogP contribution in [-0.4, -0.2) is 34.0 Å². The summed E-state index contributed by atoms with van der Waals surface area (Å²) < 4.78 is 12.9. The fourth-order valence-electron chi connectivity index (χ4n) is 2.64. The maximum atomic E-state index is 12.6. The number of Topliss-reactive ketones (excluding diaryl/α,β-unsaturated/α-hetero) is 1. The first kappa shape index (κ1) is 21.4. The molecule has 0 unspecified atom stereocenters. The highest BCUT2D eigenvalue weighted by Gasteiger charge is 2.20. The summed E-state index contributed by atoms with van der Waals surface area (Å²) in [5.74, 6) is 0.265. The van der Waals surface area contributed by atoms with E-state index in [4.69, 9.17) is 9.47 Å². The van der Waals surface area contributed by atoms with Gasteiger partial charge in [0.2, 0.25) is 0 Å². The van der Waals surface area contributed by atoms with Crippen molar-refractivity contribution in [1.82, 2.24) is 9.55 Å².